The molecule has 0 saturated carbocycles. The molecule has 0 aromatic heterocycles. The predicted octanol–water partition coefficient (Wildman–Crippen LogP) is 1.52. The fraction of sp³-hybridized carbons (Fsp3) is 0.714. The van der Waals surface area contributed by atoms with E-state index in [1.54, 1.807) is 6.34 Å². The molecule has 0 saturated heterocycles. The summed E-state index contributed by atoms with van der Waals surface area (Å²) in [6.45, 7) is 5.22. The van der Waals surface area contributed by atoms with Gasteiger partial charge in [-0.1, -0.05) is 13.8 Å². The van der Waals surface area contributed by atoms with E-state index in [9.17, 15) is 0 Å². The van der Waals surface area contributed by atoms with Crippen LogP contribution in [0.25, 0.3) is 0 Å². The summed E-state index contributed by atoms with van der Waals surface area (Å²) >= 11 is 0. The van der Waals surface area contributed by atoms with Crippen LogP contribution in [0.5, 0.6) is 0 Å². The third kappa shape index (κ3) is 1.96. The molecular weight excluding hydrogens is 112 g/mol. The average molecular weight is 124 g/mol. The maximum atomic E-state index is 4.10. The lowest BCUT2D eigenvalue weighted by Gasteiger charge is -2.00. The molecule has 0 radical (unpaired) electrons. The molecule has 0 atom stereocenters. The van der Waals surface area contributed by atoms with Crippen molar-refractivity contribution in [2.75, 3.05) is 6.54 Å². The molecule has 9 heavy (non-hydrogen) atoms. The van der Waals surface area contributed by atoms with Gasteiger partial charge in [0.25, 0.3) is 0 Å². The van der Waals surface area contributed by atoms with Gasteiger partial charge in [0.05, 0.1) is 6.54 Å². The van der Waals surface area contributed by atoms with Gasteiger partial charge in [0.1, 0.15) is 6.34 Å². The van der Waals surface area contributed by atoms with Gasteiger partial charge < -0.3 is 0 Å². The van der Waals surface area contributed by atoms with Gasteiger partial charge >= 0.3 is 0 Å². The first-order valence-corrected chi connectivity index (χ1v) is 3.33. The highest BCUT2D eigenvalue weighted by Gasteiger charge is 2.03. The molecule has 2 heteroatoms. The minimum Gasteiger partial charge on any atom is -0.267 e. The topological polar surface area (TPSA) is 24.7 Å². The molecule has 0 fully saturated rings. The molecule has 0 aliphatic carbocycles. The number of aliphatic imine (C=N–C) groups is 2. The molecule has 1 heterocycles. The minimum atomic E-state index is 0.713. The normalized spacial score (nSPS) is 17.0. The van der Waals surface area contributed by atoms with Gasteiger partial charge in [0.15, 0.2) is 0 Å². The largest absolute Gasteiger partial charge is 0.267 e. The summed E-state index contributed by atoms with van der Waals surface area (Å²) in [6, 6.07) is 0. The van der Waals surface area contributed by atoms with E-state index in [-0.39, 0.29) is 0 Å². The summed E-state index contributed by atoms with van der Waals surface area (Å²) in [5.74, 6) is 0.713. The Morgan fingerprint density at radius 3 is 2.89 bits per heavy atom. The van der Waals surface area contributed by atoms with Gasteiger partial charge in [-0.2, -0.15) is 0 Å². The van der Waals surface area contributed by atoms with E-state index < -0.39 is 0 Å². The molecule has 0 unspecified atom stereocenters. The van der Waals surface area contributed by atoms with Crippen LogP contribution in [0.4, 0.5) is 0 Å². The van der Waals surface area contributed by atoms with Crippen molar-refractivity contribution in [3.8, 4) is 0 Å². The van der Waals surface area contributed by atoms with Crippen molar-refractivity contribution in [2.45, 2.75) is 20.3 Å². The molecule has 1 aliphatic rings. The van der Waals surface area contributed by atoms with E-state index >= 15 is 0 Å². The molecule has 2 nitrogen and oxygen atoms in total. The van der Waals surface area contributed by atoms with Crippen molar-refractivity contribution in [3.05, 3.63) is 0 Å². The third-order valence-electron chi connectivity index (χ3n) is 1.24. The second-order valence-electron chi connectivity index (χ2n) is 2.75. The maximum absolute atomic E-state index is 4.10. The number of hydrogen-bond donors (Lipinski definition) is 0. The molecule has 0 N–H and O–H groups in total. The molecule has 0 aromatic carbocycles. The van der Waals surface area contributed by atoms with Crippen molar-refractivity contribution in [1.29, 1.82) is 0 Å². The minimum absolute atomic E-state index is 0.713. The van der Waals surface area contributed by atoms with Crippen molar-refractivity contribution in [3.63, 3.8) is 0 Å². The standard InChI is InChI=1S/C7H12N2/c1-6(2)3-7-4-8-5-9-7/h5-6H,3-4H2,1-2H3. The average Bonchev–Trinajstić information content (AvgIpc) is 2.15. The van der Waals surface area contributed by atoms with Crippen LogP contribution in [0.2, 0.25) is 0 Å². The van der Waals surface area contributed by atoms with Crippen molar-refractivity contribution in [1.82, 2.24) is 0 Å². The summed E-state index contributed by atoms with van der Waals surface area (Å²) in [4.78, 5) is 8.09. The van der Waals surface area contributed by atoms with Gasteiger partial charge in [-0.3, -0.25) is 4.99 Å². The Bertz CT molecular complexity index is 145. The van der Waals surface area contributed by atoms with Crippen molar-refractivity contribution < 1.29 is 0 Å². The van der Waals surface area contributed by atoms with Crippen LogP contribution in [-0.2, 0) is 0 Å². The molecule has 0 amide bonds. The zero-order chi connectivity index (χ0) is 6.69. The van der Waals surface area contributed by atoms with E-state index in [0.717, 1.165) is 13.0 Å². The Hall–Kier alpha value is -0.660. The maximum Gasteiger partial charge on any atom is 0.110 e. The monoisotopic (exact) mass is 124 g/mol. The summed E-state index contributed by atoms with van der Waals surface area (Å²) in [5.41, 5.74) is 1.23. The number of rotatable bonds is 2. The fourth-order valence-corrected chi connectivity index (χ4v) is 0.898. The van der Waals surface area contributed by atoms with Crippen LogP contribution in [0.1, 0.15) is 20.3 Å². The first kappa shape index (κ1) is 6.46. The van der Waals surface area contributed by atoms with Crippen molar-refractivity contribution in [2.24, 2.45) is 15.9 Å². The molecule has 1 rings (SSSR count). The zero-order valence-electron chi connectivity index (χ0n) is 5.96. The molecular formula is C7H12N2. The lowest BCUT2D eigenvalue weighted by molar-refractivity contribution is 0.681. The Morgan fingerprint density at radius 2 is 2.44 bits per heavy atom. The highest BCUT2D eigenvalue weighted by molar-refractivity contribution is 5.96. The molecule has 0 spiro atoms. The van der Waals surface area contributed by atoms with Crippen LogP contribution in [0.3, 0.4) is 0 Å². The van der Waals surface area contributed by atoms with Crippen LogP contribution in [0.15, 0.2) is 9.98 Å². The summed E-state index contributed by atoms with van der Waals surface area (Å²) < 4.78 is 0. The smallest absolute Gasteiger partial charge is 0.110 e. The highest BCUT2D eigenvalue weighted by Crippen LogP contribution is 2.03. The van der Waals surface area contributed by atoms with E-state index in [1.165, 1.54) is 5.71 Å². The first-order valence-electron chi connectivity index (χ1n) is 3.33. The highest BCUT2D eigenvalue weighted by atomic mass is 14.9. The fourth-order valence-electron chi connectivity index (χ4n) is 0.898. The zero-order valence-corrected chi connectivity index (χ0v) is 5.96. The van der Waals surface area contributed by atoms with Crippen LogP contribution < -0.4 is 0 Å². The van der Waals surface area contributed by atoms with E-state index in [1.807, 2.05) is 0 Å². The van der Waals surface area contributed by atoms with Gasteiger partial charge in [-0.25, -0.2) is 4.99 Å². The van der Waals surface area contributed by atoms with E-state index in [2.05, 4.69) is 23.8 Å². The molecule has 50 valence electrons. The second-order valence-corrected chi connectivity index (χ2v) is 2.75. The Morgan fingerprint density at radius 1 is 1.67 bits per heavy atom. The van der Waals surface area contributed by atoms with Crippen molar-refractivity contribution >= 4 is 12.1 Å². The summed E-state index contributed by atoms with van der Waals surface area (Å²) in [6.07, 6.45) is 2.75. The SMILES string of the molecule is CC(C)CC1=NC=NC1. The molecule has 0 aromatic rings. The van der Waals surface area contributed by atoms with Gasteiger partial charge in [0.2, 0.25) is 0 Å². The van der Waals surface area contributed by atoms with Crippen LogP contribution >= 0.6 is 0 Å². The van der Waals surface area contributed by atoms with Crippen LogP contribution in [0, 0.1) is 5.92 Å². The van der Waals surface area contributed by atoms with E-state index in [4.69, 9.17) is 0 Å². The molecule has 0 bridgehead atoms. The summed E-state index contributed by atoms with van der Waals surface area (Å²) in [5, 5.41) is 0. The second kappa shape index (κ2) is 2.76. The predicted molar refractivity (Wildman–Crippen MR) is 40.2 cm³/mol. The Balaban J connectivity index is 2.30. The molecule has 1 aliphatic heterocycles. The van der Waals surface area contributed by atoms with E-state index in [0.29, 0.717) is 5.92 Å². The lowest BCUT2D eigenvalue weighted by atomic mass is 10.1. The number of hydrogen-bond acceptors (Lipinski definition) is 2. The Labute approximate surface area is 55.7 Å². The van der Waals surface area contributed by atoms with Gasteiger partial charge in [-0.15, -0.1) is 0 Å². The third-order valence-corrected chi connectivity index (χ3v) is 1.24. The number of nitrogens with zero attached hydrogens (tertiary/aromatic N) is 2. The first-order chi connectivity index (χ1) is 4.29. The van der Waals surface area contributed by atoms with Gasteiger partial charge in [0, 0.05) is 5.71 Å². The van der Waals surface area contributed by atoms with Gasteiger partial charge in [-0.05, 0) is 12.3 Å². The van der Waals surface area contributed by atoms with Crippen LogP contribution in [-0.4, -0.2) is 18.6 Å². The Kier molecular flexibility index (Phi) is 1.98. The quantitative estimate of drug-likeness (QED) is 0.533. The summed E-state index contributed by atoms with van der Waals surface area (Å²) in [7, 11) is 0. The lowest BCUT2D eigenvalue weighted by Crippen LogP contribution is -2.03.